The van der Waals surface area contributed by atoms with E-state index in [0.29, 0.717) is 11.3 Å². The molecule has 0 aliphatic heterocycles. The second kappa shape index (κ2) is 5.26. The van der Waals surface area contributed by atoms with Crippen LogP contribution in [0.25, 0.3) is 10.2 Å². The van der Waals surface area contributed by atoms with Crippen molar-refractivity contribution in [3.63, 3.8) is 0 Å². The van der Waals surface area contributed by atoms with Gasteiger partial charge in [-0.3, -0.25) is 14.2 Å². The molecule has 0 saturated heterocycles. The topological polar surface area (TPSA) is 64.0 Å². The molecule has 21 heavy (non-hydrogen) atoms. The van der Waals surface area contributed by atoms with Crippen LogP contribution in [0.2, 0.25) is 0 Å². The molecule has 1 atom stereocenters. The molecule has 3 rings (SSSR count). The van der Waals surface area contributed by atoms with Gasteiger partial charge < -0.3 is 5.32 Å². The van der Waals surface area contributed by atoms with Gasteiger partial charge in [0.2, 0.25) is 5.91 Å². The van der Waals surface area contributed by atoms with Crippen molar-refractivity contribution in [1.82, 2.24) is 14.9 Å². The van der Waals surface area contributed by atoms with E-state index in [1.165, 1.54) is 35.1 Å². The van der Waals surface area contributed by atoms with E-state index in [0.717, 1.165) is 15.3 Å². The molecule has 1 N–H and O–H groups in total. The zero-order chi connectivity index (χ0) is 15.1. The summed E-state index contributed by atoms with van der Waals surface area (Å²) in [4.78, 5) is 30.7. The lowest BCUT2D eigenvalue weighted by atomic mass is 10.2. The molecule has 5 nitrogen and oxygen atoms in total. The lowest BCUT2D eigenvalue weighted by Crippen LogP contribution is -2.38. The van der Waals surface area contributed by atoms with Gasteiger partial charge in [-0.2, -0.15) is 0 Å². The van der Waals surface area contributed by atoms with Crippen molar-refractivity contribution in [1.29, 1.82) is 0 Å². The summed E-state index contributed by atoms with van der Waals surface area (Å²) in [6.45, 7) is 5.96. The van der Waals surface area contributed by atoms with E-state index in [4.69, 9.17) is 0 Å². The van der Waals surface area contributed by atoms with Gasteiger partial charge in [-0.15, -0.1) is 11.3 Å². The molecular formula is C15H19N3O2S. The quantitative estimate of drug-likeness (QED) is 0.939. The summed E-state index contributed by atoms with van der Waals surface area (Å²) in [5, 5.41) is 3.60. The van der Waals surface area contributed by atoms with E-state index in [1.54, 1.807) is 0 Å². The molecule has 0 radical (unpaired) electrons. The lowest BCUT2D eigenvalue weighted by Gasteiger charge is -2.13. The molecule has 0 aromatic carbocycles. The first-order valence-electron chi connectivity index (χ1n) is 7.22. The van der Waals surface area contributed by atoms with E-state index in [1.807, 2.05) is 20.8 Å². The molecule has 0 bridgehead atoms. The first kappa shape index (κ1) is 14.3. The number of rotatable bonds is 4. The van der Waals surface area contributed by atoms with E-state index in [-0.39, 0.29) is 24.1 Å². The Hall–Kier alpha value is -1.69. The molecule has 1 saturated carbocycles. The zero-order valence-corrected chi connectivity index (χ0v) is 13.3. The van der Waals surface area contributed by atoms with E-state index in [9.17, 15) is 9.59 Å². The van der Waals surface area contributed by atoms with Crippen LogP contribution < -0.4 is 10.9 Å². The third kappa shape index (κ3) is 2.72. The maximum Gasteiger partial charge on any atom is 0.262 e. The van der Waals surface area contributed by atoms with Gasteiger partial charge in [-0.25, -0.2) is 4.98 Å². The maximum absolute atomic E-state index is 12.5. The largest absolute Gasteiger partial charge is 0.352 e. The predicted molar refractivity (Wildman–Crippen MR) is 83.7 cm³/mol. The highest BCUT2D eigenvalue weighted by Gasteiger charge is 2.28. The smallest absolute Gasteiger partial charge is 0.262 e. The Kier molecular flexibility index (Phi) is 3.57. The number of hydrogen-bond donors (Lipinski definition) is 1. The fourth-order valence-electron chi connectivity index (χ4n) is 2.55. The minimum Gasteiger partial charge on any atom is -0.352 e. The van der Waals surface area contributed by atoms with E-state index < -0.39 is 0 Å². The van der Waals surface area contributed by atoms with Crippen molar-refractivity contribution in [2.45, 2.75) is 46.2 Å². The van der Waals surface area contributed by atoms with Crippen molar-refractivity contribution in [3.8, 4) is 0 Å². The number of carbonyl (C=O) groups excluding carboxylic acids is 1. The van der Waals surface area contributed by atoms with Crippen molar-refractivity contribution < 1.29 is 4.79 Å². The molecule has 6 heteroatoms. The number of aromatic nitrogens is 2. The Morgan fingerprint density at radius 2 is 2.24 bits per heavy atom. The monoisotopic (exact) mass is 305 g/mol. The molecule has 2 heterocycles. The fourth-order valence-corrected chi connectivity index (χ4v) is 3.54. The van der Waals surface area contributed by atoms with Crippen LogP contribution in [0.4, 0.5) is 0 Å². The number of nitrogens with one attached hydrogen (secondary N) is 1. The Morgan fingerprint density at radius 3 is 2.90 bits per heavy atom. The van der Waals surface area contributed by atoms with E-state index >= 15 is 0 Å². The summed E-state index contributed by atoms with van der Waals surface area (Å²) < 4.78 is 1.40. The predicted octanol–water partition coefficient (Wildman–Crippen LogP) is 1.99. The van der Waals surface area contributed by atoms with Crippen molar-refractivity contribution in [2.75, 3.05) is 0 Å². The average Bonchev–Trinajstić information content (AvgIpc) is 3.22. The Labute approximate surface area is 127 Å². The first-order valence-corrected chi connectivity index (χ1v) is 8.03. The van der Waals surface area contributed by atoms with Crippen LogP contribution in [0.5, 0.6) is 0 Å². The Morgan fingerprint density at radius 1 is 1.52 bits per heavy atom. The summed E-state index contributed by atoms with van der Waals surface area (Å²) >= 11 is 1.52. The maximum atomic E-state index is 12.5. The molecule has 0 spiro atoms. The molecule has 1 amide bonds. The van der Waals surface area contributed by atoms with Crippen LogP contribution in [-0.4, -0.2) is 21.5 Å². The van der Waals surface area contributed by atoms with Crippen LogP contribution in [0.3, 0.4) is 0 Å². The normalized spacial score (nSPS) is 16.1. The van der Waals surface area contributed by atoms with Gasteiger partial charge in [0.15, 0.2) is 0 Å². The minimum atomic E-state index is -0.129. The second-order valence-electron chi connectivity index (χ2n) is 5.83. The molecule has 1 fully saturated rings. The van der Waals surface area contributed by atoms with Crippen LogP contribution in [0, 0.1) is 19.8 Å². The van der Waals surface area contributed by atoms with Crippen molar-refractivity contribution in [2.24, 2.45) is 5.92 Å². The highest BCUT2D eigenvalue weighted by Crippen LogP contribution is 2.32. The number of amides is 1. The minimum absolute atomic E-state index is 0.0349. The first-order chi connectivity index (χ1) is 9.97. The Bertz CT molecular complexity index is 758. The lowest BCUT2D eigenvalue weighted by molar-refractivity contribution is -0.122. The van der Waals surface area contributed by atoms with Crippen LogP contribution >= 0.6 is 11.3 Å². The number of carbonyl (C=O) groups is 1. The number of thiophene rings is 1. The molecule has 0 unspecified atom stereocenters. The Balaban J connectivity index is 1.83. The van der Waals surface area contributed by atoms with Gasteiger partial charge in [0.1, 0.15) is 11.4 Å². The summed E-state index contributed by atoms with van der Waals surface area (Å²) in [7, 11) is 0. The summed E-state index contributed by atoms with van der Waals surface area (Å²) in [5.74, 6) is 0.482. The van der Waals surface area contributed by atoms with Gasteiger partial charge >= 0.3 is 0 Å². The summed E-state index contributed by atoms with van der Waals surface area (Å²) in [6, 6.07) is 0.190. The molecule has 1 aliphatic rings. The number of nitrogens with zero attached hydrogens (tertiary/aromatic N) is 2. The van der Waals surface area contributed by atoms with Crippen molar-refractivity contribution in [3.05, 3.63) is 27.1 Å². The zero-order valence-electron chi connectivity index (χ0n) is 12.5. The number of aryl methyl sites for hydroxylation is 2. The van der Waals surface area contributed by atoms with Crippen LogP contribution in [0.1, 0.15) is 30.2 Å². The SMILES string of the molecule is Cc1sc2ncn(CC(=O)N[C@@H](C)C3CC3)c(=O)c2c1C. The van der Waals surface area contributed by atoms with Crippen molar-refractivity contribution >= 4 is 27.5 Å². The van der Waals surface area contributed by atoms with Gasteiger partial charge in [-0.1, -0.05) is 0 Å². The second-order valence-corrected chi connectivity index (χ2v) is 7.04. The molecule has 1 aliphatic carbocycles. The van der Waals surface area contributed by atoms with Gasteiger partial charge in [0, 0.05) is 10.9 Å². The number of fused-ring (bicyclic) bond motifs is 1. The third-order valence-electron chi connectivity index (χ3n) is 4.19. The molecule has 112 valence electrons. The number of hydrogen-bond acceptors (Lipinski definition) is 4. The molecule has 2 aromatic rings. The van der Waals surface area contributed by atoms with Gasteiger partial charge in [0.25, 0.3) is 5.56 Å². The van der Waals surface area contributed by atoms with E-state index in [2.05, 4.69) is 10.3 Å². The summed E-state index contributed by atoms with van der Waals surface area (Å²) in [6.07, 6.45) is 3.84. The van der Waals surface area contributed by atoms with Crippen LogP contribution in [0.15, 0.2) is 11.1 Å². The average molecular weight is 305 g/mol. The van der Waals surface area contributed by atoms with Gasteiger partial charge in [-0.05, 0) is 45.1 Å². The fraction of sp³-hybridized carbons (Fsp3) is 0.533. The standard InChI is InChI=1S/C15H19N3O2S/c1-8-10(3)21-14-13(8)15(20)18(7-16-14)6-12(19)17-9(2)11-4-5-11/h7,9,11H,4-6H2,1-3H3,(H,17,19)/t9-/m0/s1. The highest BCUT2D eigenvalue weighted by molar-refractivity contribution is 7.18. The van der Waals surface area contributed by atoms with Crippen LogP contribution in [-0.2, 0) is 11.3 Å². The molecular weight excluding hydrogens is 286 g/mol. The third-order valence-corrected chi connectivity index (χ3v) is 5.30. The highest BCUT2D eigenvalue weighted by atomic mass is 32.1. The van der Waals surface area contributed by atoms with Gasteiger partial charge in [0.05, 0.1) is 11.7 Å². The summed E-state index contributed by atoms with van der Waals surface area (Å²) in [5.41, 5.74) is 0.838. The molecule has 2 aromatic heterocycles.